The van der Waals surface area contributed by atoms with E-state index in [2.05, 4.69) is 5.16 Å². The maximum Gasteiger partial charge on any atom is 0.263 e. The van der Waals surface area contributed by atoms with Crippen molar-refractivity contribution in [1.82, 2.24) is 5.16 Å². The van der Waals surface area contributed by atoms with Crippen LogP contribution in [0, 0.1) is 5.82 Å². The van der Waals surface area contributed by atoms with Gasteiger partial charge in [0.2, 0.25) is 0 Å². The van der Waals surface area contributed by atoms with Crippen molar-refractivity contribution in [1.29, 1.82) is 0 Å². The summed E-state index contributed by atoms with van der Waals surface area (Å²) in [6, 6.07) is 4.26. The molecule has 2 rings (SSSR count). The lowest BCUT2D eigenvalue weighted by molar-refractivity contribution is 0.151. The number of halogens is 3. The molecule has 0 aliphatic heterocycles. The van der Waals surface area contributed by atoms with Gasteiger partial charge in [-0.2, -0.15) is 0 Å². The predicted octanol–water partition coefficient (Wildman–Crippen LogP) is 3.00. The van der Waals surface area contributed by atoms with Gasteiger partial charge in [-0.3, -0.25) is 0 Å². The molecule has 0 aliphatic rings. The van der Waals surface area contributed by atoms with Gasteiger partial charge in [-0.15, -0.1) is 0 Å². The molecule has 0 saturated carbocycles. The number of nitrogens with zero attached hydrogens (tertiary/aromatic N) is 1. The van der Waals surface area contributed by atoms with Crippen LogP contribution < -0.4 is 5.73 Å². The van der Waals surface area contributed by atoms with E-state index in [9.17, 15) is 13.2 Å². The first-order valence-corrected chi connectivity index (χ1v) is 4.38. The molecule has 2 aromatic rings. The maximum atomic E-state index is 13.4. The second-order valence-corrected chi connectivity index (χ2v) is 3.16. The van der Waals surface area contributed by atoms with Crippen molar-refractivity contribution in [3.63, 3.8) is 0 Å². The van der Waals surface area contributed by atoms with Gasteiger partial charge in [0.1, 0.15) is 5.82 Å². The second kappa shape index (κ2) is 3.88. The molecule has 0 amide bonds. The van der Waals surface area contributed by atoms with E-state index >= 15 is 0 Å². The lowest BCUT2D eigenvalue weighted by Gasteiger charge is -2.02. The molecule has 0 bridgehead atoms. The molecule has 0 unspecified atom stereocenters. The Bertz CT molecular complexity index is 511. The van der Waals surface area contributed by atoms with E-state index in [1.54, 1.807) is 0 Å². The lowest BCUT2D eigenvalue weighted by Crippen LogP contribution is -1.89. The standard InChI is InChI=1S/C10H7F3N2O/c11-7-2-1-5(10(12)13)3-6(7)8-4-9(14)15-16-8/h1-4,10H,(H2,14,15). The summed E-state index contributed by atoms with van der Waals surface area (Å²) in [5.74, 6) is -0.574. The van der Waals surface area contributed by atoms with Crippen LogP contribution in [0.4, 0.5) is 19.0 Å². The Labute approximate surface area is 88.7 Å². The minimum absolute atomic E-state index is 0.0255. The van der Waals surface area contributed by atoms with Crippen LogP contribution in [-0.2, 0) is 0 Å². The third kappa shape index (κ3) is 1.86. The summed E-state index contributed by atoms with van der Waals surface area (Å²) in [6.45, 7) is 0. The highest BCUT2D eigenvalue weighted by Crippen LogP contribution is 2.29. The number of rotatable bonds is 2. The Balaban J connectivity index is 2.51. The maximum absolute atomic E-state index is 13.4. The molecule has 0 fully saturated rings. The van der Waals surface area contributed by atoms with Crippen LogP contribution in [0.3, 0.4) is 0 Å². The van der Waals surface area contributed by atoms with Gasteiger partial charge in [0.15, 0.2) is 11.6 Å². The van der Waals surface area contributed by atoms with E-state index in [1.165, 1.54) is 6.07 Å². The summed E-state index contributed by atoms with van der Waals surface area (Å²) in [7, 11) is 0. The highest BCUT2D eigenvalue weighted by Gasteiger charge is 2.15. The molecule has 3 nitrogen and oxygen atoms in total. The zero-order valence-corrected chi connectivity index (χ0v) is 7.95. The Morgan fingerprint density at radius 1 is 1.25 bits per heavy atom. The third-order valence-corrected chi connectivity index (χ3v) is 2.04. The number of nitrogen functional groups attached to an aromatic ring is 1. The molecule has 16 heavy (non-hydrogen) atoms. The Morgan fingerprint density at radius 3 is 2.56 bits per heavy atom. The fourth-order valence-corrected chi connectivity index (χ4v) is 1.28. The molecular weight excluding hydrogens is 221 g/mol. The van der Waals surface area contributed by atoms with Gasteiger partial charge in [0, 0.05) is 11.6 Å². The van der Waals surface area contributed by atoms with Crippen molar-refractivity contribution < 1.29 is 17.7 Å². The highest BCUT2D eigenvalue weighted by atomic mass is 19.3. The number of nitrogens with two attached hydrogens (primary N) is 1. The van der Waals surface area contributed by atoms with Crippen molar-refractivity contribution in [2.75, 3.05) is 5.73 Å². The van der Waals surface area contributed by atoms with Crippen LogP contribution in [-0.4, -0.2) is 5.16 Å². The summed E-state index contributed by atoms with van der Waals surface area (Å²) in [5, 5.41) is 3.36. The average Bonchev–Trinajstić information content (AvgIpc) is 2.65. The largest absolute Gasteiger partial charge is 0.381 e. The summed E-state index contributed by atoms with van der Waals surface area (Å²) in [6.07, 6.45) is -2.67. The Morgan fingerprint density at radius 2 is 2.00 bits per heavy atom. The van der Waals surface area contributed by atoms with Crippen LogP contribution in [0.1, 0.15) is 12.0 Å². The number of alkyl halides is 2. The smallest absolute Gasteiger partial charge is 0.263 e. The molecule has 0 atom stereocenters. The van der Waals surface area contributed by atoms with E-state index in [1.807, 2.05) is 0 Å². The first-order chi connectivity index (χ1) is 7.58. The van der Waals surface area contributed by atoms with Crippen LogP contribution in [0.25, 0.3) is 11.3 Å². The fourth-order valence-electron chi connectivity index (χ4n) is 1.28. The van der Waals surface area contributed by atoms with Crippen molar-refractivity contribution in [2.45, 2.75) is 6.43 Å². The van der Waals surface area contributed by atoms with Gasteiger partial charge in [0.25, 0.3) is 6.43 Å². The van der Waals surface area contributed by atoms with Crippen molar-refractivity contribution >= 4 is 5.82 Å². The van der Waals surface area contributed by atoms with E-state index in [0.29, 0.717) is 0 Å². The van der Waals surface area contributed by atoms with E-state index in [4.69, 9.17) is 10.3 Å². The lowest BCUT2D eigenvalue weighted by atomic mass is 10.1. The van der Waals surface area contributed by atoms with E-state index in [0.717, 1.165) is 18.2 Å². The summed E-state index contributed by atoms with van der Waals surface area (Å²) < 4.78 is 42.9. The molecule has 0 spiro atoms. The highest BCUT2D eigenvalue weighted by molar-refractivity contribution is 5.61. The topological polar surface area (TPSA) is 52.0 Å². The quantitative estimate of drug-likeness (QED) is 0.859. The van der Waals surface area contributed by atoms with Crippen LogP contribution in [0.15, 0.2) is 28.8 Å². The Kier molecular flexibility index (Phi) is 2.55. The monoisotopic (exact) mass is 228 g/mol. The van der Waals surface area contributed by atoms with E-state index in [-0.39, 0.29) is 22.7 Å². The molecule has 0 aliphatic carbocycles. The molecule has 6 heteroatoms. The summed E-state index contributed by atoms with van der Waals surface area (Å²) >= 11 is 0. The number of hydrogen-bond donors (Lipinski definition) is 1. The molecule has 1 aromatic carbocycles. The normalized spacial score (nSPS) is 11.0. The number of benzene rings is 1. The molecule has 2 N–H and O–H groups in total. The van der Waals surface area contributed by atoms with Crippen molar-refractivity contribution in [3.8, 4) is 11.3 Å². The van der Waals surface area contributed by atoms with Crippen molar-refractivity contribution in [2.24, 2.45) is 0 Å². The van der Waals surface area contributed by atoms with Gasteiger partial charge < -0.3 is 10.3 Å². The summed E-state index contributed by atoms with van der Waals surface area (Å²) in [5.41, 5.74) is 4.92. The zero-order valence-electron chi connectivity index (χ0n) is 7.95. The first-order valence-electron chi connectivity index (χ1n) is 4.38. The minimum Gasteiger partial charge on any atom is -0.381 e. The van der Waals surface area contributed by atoms with Crippen LogP contribution >= 0.6 is 0 Å². The molecule has 1 aromatic heterocycles. The average molecular weight is 228 g/mol. The van der Waals surface area contributed by atoms with Gasteiger partial charge >= 0.3 is 0 Å². The molecule has 84 valence electrons. The molecular formula is C10H7F3N2O. The van der Waals surface area contributed by atoms with Gasteiger partial charge in [0.05, 0.1) is 5.56 Å². The molecule has 0 radical (unpaired) electrons. The molecule has 0 saturated heterocycles. The summed E-state index contributed by atoms with van der Waals surface area (Å²) in [4.78, 5) is 0. The van der Waals surface area contributed by atoms with Crippen molar-refractivity contribution in [3.05, 3.63) is 35.6 Å². The number of hydrogen-bond acceptors (Lipinski definition) is 3. The SMILES string of the molecule is Nc1cc(-c2cc(C(F)F)ccc2F)on1. The zero-order chi connectivity index (χ0) is 11.7. The minimum atomic E-state index is -2.67. The number of aromatic nitrogens is 1. The van der Waals surface area contributed by atoms with Gasteiger partial charge in [-0.1, -0.05) is 11.2 Å². The van der Waals surface area contributed by atoms with Gasteiger partial charge in [-0.25, -0.2) is 13.2 Å². The Hall–Kier alpha value is -1.98. The van der Waals surface area contributed by atoms with Gasteiger partial charge in [-0.05, 0) is 12.1 Å². The van der Waals surface area contributed by atoms with E-state index < -0.39 is 12.2 Å². The molecule has 1 heterocycles. The number of anilines is 1. The predicted molar refractivity (Wildman–Crippen MR) is 51.3 cm³/mol. The van der Waals surface area contributed by atoms with Crippen LogP contribution in [0.2, 0.25) is 0 Å². The van der Waals surface area contributed by atoms with Crippen LogP contribution in [0.5, 0.6) is 0 Å². The second-order valence-electron chi connectivity index (χ2n) is 3.16. The first kappa shape index (κ1) is 10.5. The fraction of sp³-hybridized carbons (Fsp3) is 0.100. The third-order valence-electron chi connectivity index (χ3n) is 2.04.